The lowest BCUT2D eigenvalue weighted by Gasteiger charge is -2.21. The molecule has 0 heterocycles. The molecule has 0 bridgehead atoms. The van der Waals surface area contributed by atoms with E-state index in [1.165, 1.54) is 0 Å². The number of nitrogens with two attached hydrogens (primary N) is 1. The lowest BCUT2D eigenvalue weighted by atomic mass is 10.0. The largest absolute Gasteiger partial charge is 0.388 e. The number of anilines is 1. The maximum Gasteiger partial charge on any atom is 0.117 e. The van der Waals surface area contributed by atoms with E-state index in [1.54, 1.807) is 30.3 Å². The molecule has 0 aliphatic heterocycles. The van der Waals surface area contributed by atoms with Crippen LogP contribution >= 0.6 is 47.0 Å². The van der Waals surface area contributed by atoms with Gasteiger partial charge < -0.3 is 16.5 Å². The monoisotopic (exact) mass is 385 g/mol. The number of halogens is 3. The molecule has 120 valence electrons. The molecule has 0 aromatic heterocycles. The highest BCUT2D eigenvalue weighted by Gasteiger charge is 2.16. The fourth-order valence-corrected chi connectivity index (χ4v) is 2.72. The molecule has 4 N–H and O–H groups in total. The zero-order valence-electron chi connectivity index (χ0n) is 11.9. The number of thiocarbonyl (C=S) groups is 1. The minimum atomic E-state index is -0.222. The number of nitrogens with one attached hydrogen (secondary N) is 2. The van der Waals surface area contributed by atoms with Crippen molar-refractivity contribution in [2.45, 2.75) is 12.5 Å². The predicted octanol–water partition coefficient (Wildman–Crippen LogP) is 5.50. The van der Waals surface area contributed by atoms with E-state index < -0.39 is 0 Å². The summed E-state index contributed by atoms with van der Waals surface area (Å²) in [5.41, 5.74) is 7.40. The molecule has 7 heteroatoms. The quantitative estimate of drug-likeness (QED) is 0.454. The summed E-state index contributed by atoms with van der Waals surface area (Å²) in [6, 6.07) is 12.3. The Morgan fingerprint density at radius 1 is 1.09 bits per heavy atom. The Kier molecular flexibility index (Phi) is 6.25. The molecule has 2 aromatic carbocycles. The summed E-state index contributed by atoms with van der Waals surface area (Å²) in [5.74, 6) is 0. The van der Waals surface area contributed by atoms with E-state index in [-0.39, 0.29) is 16.7 Å². The van der Waals surface area contributed by atoms with Crippen LogP contribution in [0.2, 0.25) is 15.1 Å². The van der Waals surface area contributed by atoms with Crippen LogP contribution < -0.4 is 11.1 Å². The first-order chi connectivity index (χ1) is 10.9. The van der Waals surface area contributed by atoms with E-state index in [1.807, 2.05) is 12.1 Å². The van der Waals surface area contributed by atoms with Gasteiger partial charge in [-0.05, 0) is 35.9 Å². The van der Waals surface area contributed by atoms with Crippen LogP contribution in [-0.4, -0.2) is 10.7 Å². The minimum Gasteiger partial charge on any atom is -0.388 e. The summed E-state index contributed by atoms with van der Waals surface area (Å²) in [4.78, 5) is 0.0768. The van der Waals surface area contributed by atoms with Crippen molar-refractivity contribution in [2.75, 3.05) is 5.32 Å². The van der Waals surface area contributed by atoms with Gasteiger partial charge in [0.2, 0.25) is 0 Å². The van der Waals surface area contributed by atoms with E-state index in [0.717, 1.165) is 5.56 Å². The van der Waals surface area contributed by atoms with Gasteiger partial charge in [-0.3, -0.25) is 0 Å². The van der Waals surface area contributed by atoms with E-state index >= 15 is 0 Å². The van der Waals surface area contributed by atoms with Gasteiger partial charge in [-0.2, -0.15) is 0 Å². The summed E-state index contributed by atoms with van der Waals surface area (Å²) in [6.45, 7) is 0. The molecule has 0 fully saturated rings. The molecule has 0 aliphatic carbocycles. The third kappa shape index (κ3) is 5.08. The van der Waals surface area contributed by atoms with Crippen LogP contribution in [-0.2, 0) is 0 Å². The van der Waals surface area contributed by atoms with Crippen molar-refractivity contribution in [3.05, 3.63) is 63.1 Å². The molecular formula is C16H14Cl3N3S. The third-order valence-electron chi connectivity index (χ3n) is 3.24. The highest BCUT2D eigenvalue weighted by Crippen LogP contribution is 2.30. The Morgan fingerprint density at radius 3 is 2.26 bits per heavy atom. The maximum atomic E-state index is 7.93. The van der Waals surface area contributed by atoms with Gasteiger partial charge >= 0.3 is 0 Å². The van der Waals surface area contributed by atoms with E-state index in [4.69, 9.17) is 58.2 Å². The van der Waals surface area contributed by atoms with Gasteiger partial charge in [0.05, 0.1) is 22.5 Å². The molecule has 0 saturated heterocycles. The number of rotatable bonds is 6. The zero-order chi connectivity index (χ0) is 17.0. The van der Waals surface area contributed by atoms with Gasteiger partial charge in [0.15, 0.2) is 0 Å². The summed E-state index contributed by atoms with van der Waals surface area (Å²) < 4.78 is 0. The second-order valence-corrected chi connectivity index (χ2v) is 6.64. The van der Waals surface area contributed by atoms with Gasteiger partial charge in [-0.1, -0.05) is 59.2 Å². The SMILES string of the molecule is N=C(CC(Nc1ccc(Cl)cc1Cl)c1ccc(Cl)cc1)C(N)=S. The predicted molar refractivity (Wildman–Crippen MR) is 103 cm³/mol. The number of hydrogen-bond donors (Lipinski definition) is 3. The van der Waals surface area contributed by atoms with Gasteiger partial charge in [-0.15, -0.1) is 0 Å². The standard InChI is InChI=1S/C16H14Cl3N3S/c17-10-3-1-9(2-4-10)15(8-13(20)16(21)23)22-14-6-5-11(18)7-12(14)19/h1-7,15,20,22H,8H2,(H2,21,23). The van der Waals surface area contributed by atoms with Crippen LogP contribution in [0.15, 0.2) is 42.5 Å². The molecule has 3 nitrogen and oxygen atoms in total. The highest BCUT2D eigenvalue weighted by atomic mass is 35.5. The van der Waals surface area contributed by atoms with Crippen molar-refractivity contribution in [3.8, 4) is 0 Å². The van der Waals surface area contributed by atoms with E-state index in [0.29, 0.717) is 27.2 Å². The molecule has 23 heavy (non-hydrogen) atoms. The lowest BCUT2D eigenvalue weighted by Crippen LogP contribution is -2.25. The zero-order valence-corrected chi connectivity index (χ0v) is 15.0. The summed E-state index contributed by atoms with van der Waals surface area (Å²) in [7, 11) is 0. The molecule has 0 spiro atoms. The first-order valence-electron chi connectivity index (χ1n) is 6.71. The molecule has 1 unspecified atom stereocenters. The van der Waals surface area contributed by atoms with E-state index in [9.17, 15) is 0 Å². The van der Waals surface area contributed by atoms with Crippen LogP contribution in [0.4, 0.5) is 5.69 Å². The molecular weight excluding hydrogens is 373 g/mol. The first-order valence-corrected chi connectivity index (χ1v) is 8.25. The Labute approximate surface area is 155 Å². The molecule has 2 rings (SSSR count). The average Bonchev–Trinajstić information content (AvgIpc) is 2.49. The van der Waals surface area contributed by atoms with Gasteiger partial charge in [0, 0.05) is 16.5 Å². The summed E-state index contributed by atoms with van der Waals surface area (Å²) >= 11 is 22.9. The van der Waals surface area contributed by atoms with Gasteiger partial charge in [-0.25, -0.2) is 0 Å². The number of benzene rings is 2. The third-order valence-corrected chi connectivity index (χ3v) is 4.29. The van der Waals surface area contributed by atoms with Crippen molar-refractivity contribution < 1.29 is 0 Å². The summed E-state index contributed by atoms with van der Waals surface area (Å²) in [5, 5.41) is 12.9. The van der Waals surface area contributed by atoms with Gasteiger partial charge in [0.1, 0.15) is 4.99 Å². The lowest BCUT2D eigenvalue weighted by molar-refractivity contribution is 0.823. The van der Waals surface area contributed by atoms with Crippen LogP contribution in [0.5, 0.6) is 0 Å². The fourth-order valence-electron chi connectivity index (χ4n) is 2.05. The summed E-state index contributed by atoms with van der Waals surface area (Å²) in [6.07, 6.45) is 0.329. The molecule has 1 atom stereocenters. The van der Waals surface area contributed by atoms with Crippen molar-refractivity contribution in [1.82, 2.24) is 0 Å². The first kappa shape index (κ1) is 18.0. The minimum absolute atomic E-state index is 0.0768. The van der Waals surface area contributed by atoms with Crippen molar-refractivity contribution in [2.24, 2.45) is 5.73 Å². The van der Waals surface area contributed by atoms with Crippen molar-refractivity contribution in [3.63, 3.8) is 0 Å². The number of hydrogen-bond acceptors (Lipinski definition) is 3. The average molecular weight is 387 g/mol. The highest BCUT2D eigenvalue weighted by molar-refractivity contribution is 7.82. The molecule has 0 radical (unpaired) electrons. The van der Waals surface area contributed by atoms with Crippen LogP contribution in [0.1, 0.15) is 18.0 Å². The molecule has 2 aromatic rings. The second kappa shape index (κ2) is 7.97. The van der Waals surface area contributed by atoms with Crippen LogP contribution in [0.25, 0.3) is 0 Å². The van der Waals surface area contributed by atoms with Crippen molar-refractivity contribution >= 4 is 63.4 Å². The molecule has 0 amide bonds. The van der Waals surface area contributed by atoms with E-state index in [2.05, 4.69) is 5.32 Å². The Hall–Kier alpha value is -1.33. The molecule has 0 saturated carbocycles. The molecule has 0 aliphatic rings. The van der Waals surface area contributed by atoms with Crippen molar-refractivity contribution in [1.29, 1.82) is 5.41 Å². The Morgan fingerprint density at radius 2 is 1.70 bits per heavy atom. The topological polar surface area (TPSA) is 61.9 Å². The second-order valence-electron chi connectivity index (χ2n) is 4.92. The Bertz CT molecular complexity index is 732. The van der Waals surface area contributed by atoms with Gasteiger partial charge in [0.25, 0.3) is 0 Å². The normalized spacial score (nSPS) is 11.8. The maximum absolute atomic E-state index is 7.93. The van der Waals surface area contributed by atoms with Crippen LogP contribution in [0, 0.1) is 5.41 Å². The fraction of sp³-hybridized carbons (Fsp3) is 0.125. The Balaban J connectivity index is 2.30. The smallest absolute Gasteiger partial charge is 0.117 e. The van der Waals surface area contributed by atoms with Crippen LogP contribution in [0.3, 0.4) is 0 Å².